The van der Waals surface area contributed by atoms with Crippen molar-refractivity contribution in [3.05, 3.63) is 47.8 Å². The van der Waals surface area contributed by atoms with Crippen molar-refractivity contribution in [1.82, 2.24) is 24.9 Å². The molecule has 30 heavy (non-hydrogen) atoms. The number of likely N-dealkylation sites (tertiary alicyclic amines) is 1. The van der Waals surface area contributed by atoms with Gasteiger partial charge in [0, 0.05) is 52.4 Å². The summed E-state index contributed by atoms with van der Waals surface area (Å²) in [4.78, 5) is 9.19. The molecule has 2 aromatic rings. The van der Waals surface area contributed by atoms with Gasteiger partial charge in [-0.25, -0.2) is 0 Å². The minimum atomic E-state index is 0.519. The van der Waals surface area contributed by atoms with E-state index in [1.807, 2.05) is 25.0 Å². The number of ether oxygens (including phenoxy) is 1. The van der Waals surface area contributed by atoms with E-state index in [1.54, 1.807) is 0 Å². The summed E-state index contributed by atoms with van der Waals surface area (Å²) < 4.78 is 7.75. The molecule has 0 radical (unpaired) electrons. The lowest BCUT2D eigenvalue weighted by Crippen LogP contribution is -2.39. The van der Waals surface area contributed by atoms with E-state index in [0.29, 0.717) is 5.92 Å². The fourth-order valence-electron chi connectivity index (χ4n) is 3.93. The predicted molar refractivity (Wildman–Crippen MR) is 122 cm³/mol. The number of nitrogens with zero attached hydrogens (tertiary/aromatic N) is 5. The second-order valence-corrected chi connectivity index (χ2v) is 7.80. The van der Waals surface area contributed by atoms with Crippen LogP contribution in [0.4, 0.5) is 0 Å². The van der Waals surface area contributed by atoms with Crippen molar-refractivity contribution in [2.24, 2.45) is 12.0 Å². The van der Waals surface area contributed by atoms with Gasteiger partial charge in [0.2, 0.25) is 0 Å². The van der Waals surface area contributed by atoms with Crippen molar-refractivity contribution in [2.45, 2.75) is 32.7 Å². The van der Waals surface area contributed by atoms with E-state index in [-0.39, 0.29) is 0 Å². The van der Waals surface area contributed by atoms with Gasteiger partial charge in [-0.1, -0.05) is 26.0 Å². The van der Waals surface area contributed by atoms with Crippen molar-refractivity contribution < 1.29 is 4.74 Å². The highest BCUT2D eigenvalue weighted by molar-refractivity contribution is 5.80. The number of guanidine groups is 1. The molecule has 1 unspecified atom stereocenters. The highest BCUT2D eigenvalue weighted by atomic mass is 16.5. The van der Waals surface area contributed by atoms with Gasteiger partial charge in [-0.15, -0.1) is 0 Å². The van der Waals surface area contributed by atoms with Crippen LogP contribution >= 0.6 is 0 Å². The lowest BCUT2D eigenvalue weighted by Gasteiger charge is -2.21. The van der Waals surface area contributed by atoms with Gasteiger partial charge in [0.25, 0.3) is 0 Å². The van der Waals surface area contributed by atoms with Crippen LogP contribution in [0.5, 0.6) is 5.75 Å². The summed E-state index contributed by atoms with van der Waals surface area (Å²) in [5.41, 5.74) is 2.53. The van der Waals surface area contributed by atoms with Crippen LogP contribution in [-0.4, -0.2) is 71.9 Å². The monoisotopic (exact) mass is 412 g/mol. The van der Waals surface area contributed by atoms with Crippen LogP contribution in [0.15, 0.2) is 41.7 Å². The van der Waals surface area contributed by atoms with Gasteiger partial charge in [-0.3, -0.25) is 9.67 Å². The first-order valence-electron chi connectivity index (χ1n) is 11.0. The standard InChI is InChI=1S/C23H36N6O/c1-5-28(6-2)13-14-30-22-9-7-19(8-10-22)15-25-23(24-3)29-12-11-20(18-29)21-16-26-27(4)17-21/h7-10,16-17,20H,5-6,11-15,18H2,1-4H3,(H,24,25). The highest BCUT2D eigenvalue weighted by Gasteiger charge is 2.26. The van der Waals surface area contributed by atoms with Crippen LogP contribution in [0.2, 0.25) is 0 Å². The van der Waals surface area contributed by atoms with E-state index in [9.17, 15) is 0 Å². The molecule has 0 saturated carbocycles. The second-order valence-electron chi connectivity index (χ2n) is 7.80. The summed E-state index contributed by atoms with van der Waals surface area (Å²) in [5, 5.41) is 7.82. The SMILES string of the molecule is CCN(CC)CCOc1ccc(CNC(=NC)N2CCC(c3cnn(C)c3)C2)cc1. The van der Waals surface area contributed by atoms with Gasteiger partial charge in [0.1, 0.15) is 12.4 Å². The summed E-state index contributed by atoms with van der Waals surface area (Å²) in [6.07, 6.45) is 5.23. The maximum absolute atomic E-state index is 5.88. The number of aliphatic imine (C=N–C) groups is 1. The van der Waals surface area contributed by atoms with E-state index < -0.39 is 0 Å². The molecule has 1 atom stereocenters. The minimum absolute atomic E-state index is 0.519. The summed E-state index contributed by atoms with van der Waals surface area (Å²) in [7, 11) is 3.82. The van der Waals surface area contributed by atoms with E-state index in [0.717, 1.165) is 64.0 Å². The quantitative estimate of drug-likeness (QED) is 0.507. The van der Waals surface area contributed by atoms with Crippen LogP contribution in [0.25, 0.3) is 0 Å². The Morgan fingerprint density at radius 2 is 2.03 bits per heavy atom. The van der Waals surface area contributed by atoms with E-state index in [4.69, 9.17) is 4.74 Å². The number of rotatable bonds is 9. The van der Waals surface area contributed by atoms with Crippen LogP contribution in [-0.2, 0) is 13.6 Å². The molecule has 1 N–H and O–H groups in total. The Morgan fingerprint density at radius 1 is 1.27 bits per heavy atom. The first-order chi connectivity index (χ1) is 14.6. The van der Waals surface area contributed by atoms with Gasteiger partial charge in [-0.05, 0) is 42.8 Å². The zero-order valence-electron chi connectivity index (χ0n) is 18.8. The Morgan fingerprint density at radius 3 is 2.67 bits per heavy atom. The first-order valence-corrected chi connectivity index (χ1v) is 11.0. The van der Waals surface area contributed by atoms with Crippen LogP contribution in [0.1, 0.15) is 37.3 Å². The third-order valence-electron chi connectivity index (χ3n) is 5.84. The Balaban J connectivity index is 1.45. The molecule has 164 valence electrons. The Kier molecular flexibility index (Phi) is 8.13. The molecule has 0 aliphatic carbocycles. The van der Waals surface area contributed by atoms with Crippen LogP contribution in [0.3, 0.4) is 0 Å². The summed E-state index contributed by atoms with van der Waals surface area (Å²) in [5.74, 6) is 2.40. The third kappa shape index (κ3) is 5.98. The second kappa shape index (κ2) is 11.0. The zero-order chi connectivity index (χ0) is 21.3. The van der Waals surface area contributed by atoms with E-state index >= 15 is 0 Å². The Bertz CT molecular complexity index is 796. The van der Waals surface area contributed by atoms with Crippen molar-refractivity contribution in [2.75, 3.05) is 46.4 Å². The summed E-state index contributed by atoms with van der Waals surface area (Å²) >= 11 is 0. The highest BCUT2D eigenvalue weighted by Crippen LogP contribution is 2.26. The molecule has 1 fully saturated rings. The Labute approximate surface area is 180 Å². The maximum Gasteiger partial charge on any atom is 0.193 e. The van der Waals surface area contributed by atoms with E-state index in [2.05, 4.69) is 69.5 Å². The van der Waals surface area contributed by atoms with Gasteiger partial charge < -0.3 is 19.9 Å². The molecular weight excluding hydrogens is 376 g/mol. The maximum atomic E-state index is 5.88. The minimum Gasteiger partial charge on any atom is -0.492 e. The molecular formula is C23H36N6O. The smallest absolute Gasteiger partial charge is 0.193 e. The number of likely N-dealkylation sites (N-methyl/N-ethyl adjacent to an activating group) is 1. The molecule has 3 rings (SSSR count). The van der Waals surface area contributed by atoms with Crippen molar-refractivity contribution in [3.8, 4) is 5.75 Å². The summed E-state index contributed by atoms with van der Waals surface area (Å²) in [6.45, 7) is 10.9. The van der Waals surface area contributed by atoms with Gasteiger partial charge in [0.05, 0.1) is 6.20 Å². The summed E-state index contributed by atoms with van der Waals surface area (Å²) in [6, 6.07) is 8.34. The zero-order valence-corrected chi connectivity index (χ0v) is 18.8. The molecule has 1 aromatic heterocycles. The topological polar surface area (TPSA) is 57.9 Å². The van der Waals surface area contributed by atoms with Crippen molar-refractivity contribution in [1.29, 1.82) is 0 Å². The fraction of sp³-hybridized carbons (Fsp3) is 0.565. The largest absolute Gasteiger partial charge is 0.492 e. The van der Waals surface area contributed by atoms with Crippen LogP contribution < -0.4 is 10.1 Å². The molecule has 0 spiro atoms. The third-order valence-corrected chi connectivity index (χ3v) is 5.84. The number of aromatic nitrogens is 2. The molecule has 1 aliphatic rings. The first kappa shape index (κ1) is 22.2. The molecule has 7 heteroatoms. The number of aryl methyl sites for hydroxylation is 1. The fourth-order valence-corrected chi connectivity index (χ4v) is 3.93. The number of benzene rings is 1. The molecule has 1 aromatic carbocycles. The molecule has 7 nitrogen and oxygen atoms in total. The average molecular weight is 413 g/mol. The lowest BCUT2D eigenvalue weighted by atomic mass is 10.0. The number of hydrogen-bond donors (Lipinski definition) is 1. The van der Waals surface area contributed by atoms with Crippen molar-refractivity contribution in [3.63, 3.8) is 0 Å². The number of nitrogens with one attached hydrogen (secondary N) is 1. The Hall–Kier alpha value is -2.54. The number of hydrogen-bond acceptors (Lipinski definition) is 4. The van der Waals surface area contributed by atoms with Gasteiger partial charge >= 0.3 is 0 Å². The van der Waals surface area contributed by atoms with Gasteiger partial charge in [-0.2, -0.15) is 5.10 Å². The molecule has 1 saturated heterocycles. The molecule has 2 heterocycles. The van der Waals surface area contributed by atoms with Crippen molar-refractivity contribution >= 4 is 5.96 Å². The van der Waals surface area contributed by atoms with E-state index in [1.165, 1.54) is 11.1 Å². The van der Waals surface area contributed by atoms with Crippen LogP contribution in [0, 0.1) is 0 Å². The molecule has 1 aliphatic heterocycles. The molecule has 0 amide bonds. The predicted octanol–water partition coefficient (Wildman–Crippen LogP) is 2.71. The molecule has 0 bridgehead atoms. The van der Waals surface area contributed by atoms with Gasteiger partial charge in [0.15, 0.2) is 5.96 Å². The average Bonchev–Trinajstić information content (AvgIpc) is 3.42. The normalized spacial score (nSPS) is 17.0. The lowest BCUT2D eigenvalue weighted by molar-refractivity contribution is 0.223.